The SMILES string of the molecule is Cc1cc2c(o1)CC(C)(C)CC2NC1CCS(=O)(=O)CC1. The third-order valence-corrected chi connectivity index (χ3v) is 6.44. The lowest BCUT2D eigenvalue weighted by atomic mass is 9.74. The van der Waals surface area contributed by atoms with Gasteiger partial charge in [-0.25, -0.2) is 8.42 Å². The summed E-state index contributed by atoms with van der Waals surface area (Å²) in [4.78, 5) is 0. The number of hydrogen-bond acceptors (Lipinski definition) is 4. The van der Waals surface area contributed by atoms with Crippen molar-refractivity contribution in [2.75, 3.05) is 11.5 Å². The van der Waals surface area contributed by atoms with Gasteiger partial charge in [-0.3, -0.25) is 0 Å². The maximum absolute atomic E-state index is 11.6. The van der Waals surface area contributed by atoms with Gasteiger partial charge in [0, 0.05) is 24.1 Å². The minimum Gasteiger partial charge on any atom is -0.466 e. The Kier molecular flexibility index (Phi) is 3.69. The summed E-state index contributed by atoms with van der Waals surface area (Å²) in [5, 5.41) is 3.70. The zero-order valence-electron chi connectivity index (χ0n) is 13.1. The molecule has 0 aromatic carbocycles. The average molecular weight is 311 g/mol. The van der Waals surface area contributed by atoms with Crippen molar-refractivity contribution in [3.05, 3.63) is 23.2 Å². The third-order valence-electron chi connectivity index (χ3n) is 4.73. The van der Waals surface area contributed by atoms with Gasteiger partial charge in [0.2, 0.25) is 0 Å². The molecule has 118 valence electrons. The van der Waals surface area contributed by atoms with Crippen LogP contribution in [0.15, 0.2) is 10.5 Å². The van der Waals surface area contributed by atoms with Crippen LogP contribution in [0.5, 0.6) is 0 Å². The number of sulfone groups is 1. The predicted octanol–water partition coefficient (Wildman–Crippen LogP) is 2.77. The monoisotopic (exact) mass is 311 g/mol. The molecule has 21 heavy (non-hydrogen) atoms. The van der Waals surface area contributed by atoms with E-state index in [0.29, 0.717) is 17.5 Å². The highest BCUT2D eigenvalue weighted by atomic mass is 32.2. The Balaban J connectivity index is 1.76. The summed E-state index contributed by atoms with van der Waals surface area (Å²) in [6.45, 7) is 6.54. The molecule has 1 atom stereocenters. The number of hydrogen-bond donors (Lipinski definition) is 1. The number of furan rings is 1. The molecule has 0 radical (unpaired) electrons. The molecule has 3 rings (SSSR count). The first-order valence-corrected chi connectivity index (χ1v) is 9.62. The maximum Gasteiger partial charge on any atom is 0.150 e. The van der Waals surface area contributed by atoms with Crippen LogP contribution in [0.2, 0.25) is 0 Å². The fraction of sp³-hybridized carbons (Fsp3) is 0.750. The molecule has 1 aliphatic carbocycles. The second-order valence-corrected chi connectivity index (χ2v) is 9.73. The van der Waals surface area contributed by atoms with Crippen LogP contribution >= 0.6 is 0 Å². The molecule has 1 fully saturated rings. The van der Waals surface area contributed by atoms with Gasteiger partial charge in [0.15, 0.2) is 0 Å². The predicted molar refractivity (Wildman–Crippen MR) is 83.1 cm³/mol. The van der Waals surface area contributed by atoms with E-state index in [2.05, 4.69) is 25.2 Å². The molecule has 1 aliphatic heterocycles. The van der Waals surface area contributed by atoms with Crippen molar-refractivity contribution in [3.63, 3.8) is 0 Å². The van der Waals surface area contributed by atoms with Crippen LogP contribution in [0.25, 0.3) is 0 Å². The molecule has 2 heterocycles. The number of rotatable bonds is 2. The quantitative estimate of drug-likeness (QED) is 0.912. The molecule has 4 nitrogen and oxygen atoms in total. The van der Waals surface area contributed by atoms with Crippen molar-refractivity contribution in [1.29, 1.82) is 0 Å². The van der Waals surface area contributed by atoms with Crippen LogP contribution in [0.3, 0.4) is 0 Å². The maximum atomic E-state index is 11.6. The summed E-state index contributed by atoms with van der Waals surface area (Å²) in [6.07, 6.45) is 3.51. The van der Waals surface area contributed by atoms with Gasteiger partial charge in [0.05, 0.1) is 11.5 Å². The van der Waals surface area contributed by atoms with Crippen LogP contribution in [-0.4, -0.2) is 26.0 Å². The smallest absolute Gasteiger partial charge is 0.150 e. The largest absolute Gasteiger partial charge is 0.466 e. The summed E-state index contributed by atoms with van der Waals surface area (Å²) in [5.41, 5.74) is 1.50. The number of aryl methyl sites for hydroxylation is 1. The minimum absolute atomic E-state index is 0.218. The van der Waals surface area contributed by atoms with Crippen molar-refractivity contribution in [2.24, 2.45) is 5.41 Å². The van der Waals surface area contributed by atoms with E-state index in [4.69, 9.17) is 4.42 Å². The normalized spacial score (nSPS) is 28.2. The Morgan fingerprint density at radius 2 is 1.95 bits per heavy atom. The van der Waals surface area contributed by atoms with Gasteiger partial charge < -0.3 is 9.73 Å². The van der Waals surface area contributed by atoms with Gasteiger partial charge in [0.25, 0.3) is 0 Å². The van der Waals surface area contributed by atoms with E-state index in [1.165, 1.54) is 5.56 Å². The summed E-state index contributed by atoms with van der Waals surface area (Å²) in [6, 6.07) is 2.73. The molecular formula is C16H25NO3S. The molecule has 5 heteroatoms. The van der Waals surface area contributed by atoms with Gasteiger partial charge in [0.1, 0.15) is 21.4 Å². The molecule has 1 saturated heterocycles. The molecule has 0 saturated carbocycles. The van der Waals surface area contributed by atoms with E-state index in [9.17, 15) is 8.42 Å². The molecular weight excluding hydrogens is 286 g/mol. The molecule has 2 aliphatic rings. The zero-order chi connectivity index (χ0) is 15.3. The summed E-state index contributed by atoms with van der Waals surface area (Å²) >= 11 is 0. The first kappa shape index (κ1) is 15.1. The number of nitrogens with one attached hydrogen (secondary N) is 1. The van der Waals surface area contributed by atoms with Crippen LogP contribution in [0.1, 0.15) is 56.2 Å². The van der Waals surface area contributed by atoms with E-state index in [-0.39, 0.29) is 11.5 Å². The second kappa shape index (κ2) is 5.13. The first-order valence-electron chi connectivity index (χ1n) is 7.80. The van der Waals surface area contributed by atoms with Crippen LogP contribution < -0.4 is 5.32 Å². The Morgan fingerprint density at radius 3 is 2.62 bits per heavy atom. The van der Waals surface area contributed by atoms with Gasteiger partial charge in [-0.15, -0.1) is 0 Å². The summed E-state index contributed by atoms with van der Waals surface area (Å²) < 4.78 is 29.0. The van der Waals surface area contributed by atoms with Gasteiger partial charge in [-0.1, -0.05) is 13.8 Å². The van der Waals surface area contributed by atoms with E-state index in [0.717, 1.165) is 37.2 Å². The molecule has 1 aromatic rings. The van der Waals surface area contributed by atoms with Gasteiger partial charge in [-0.2, -0.15) is 0 Å². The Hall–Kier alpha value is -0.810. The number of fused-ring (bicyclic) bond motifs is 1. The molecule has 1 N–H and O–H groups in total. The van der Waals surface area contributed by atoms with Crippen molar-refractivity contribution in [1.82, 2.24) is 5.32 Å². The lowest BCUT2D eigenvalue weighted by Gasteiger charge is -2.37. The lowest BCUT2D eigenvalue weighted by molar-refractivity contribution is 0.221. The van der Waals surface area contributed by atoms with E-state index in [1.807, 2.05) is 6.92 Å². The fourth-order valence-corrected chi connectivity index (χ4v) is 5.17. The van der Waals surface area contributed by atoms with Crippen LogP contribution in [-0.2, 0) is 16.3 Å². The fourth-order valence-electron chi connectivity index (χ4n) is 3.67. The van der Waals surface area contributed by atoms with Crippen LogP contribution in [0.4, 0.5) is 0 Å². The topological polar surface area (TPSA) is 59.3 Å². The van der Waals surface area contributed by atoms with E-state index < -0.39 is 9.84 Å². The molecule has 1 aromatic heterocycles. The average Bonchev–Trinajstić information content (AvgIpc) is 2.71. The molecule has 1 unspecified atom stereocenters. The Labute approximate surface area is 127 Å². The summed E-state index contributed by atoms with van der Waals surface area (Å²) in [5.74, 6) is 2.70. The molecule has 0 spiro atoms. The molecule has 0 bridgehead atoms. The zero-order valence-corrected chi connectivity index (χ0v) is 13.9. The molecule has 0 amide bonds. The Bertz CT molecular complexity index is 616. The van der Waals surface area contributed by atoms with Crippen molar-refractivity contribution < 1.29 is 12.8 Å². The van der Waals surface area contributed by atoms with Crippen molar-refractivity contribution in [3.8, 4) is 0 Å². The Morgan fingerprint density at radius 1 is 1.29 bits per heavy atom. The second-order valence-electron chi connectivity index (χ2n) is 7.43. The highest BCUT2D eigenvalue weighted by Crippen LogP contribution is 2.42. The third kappa shape index (κ3) is 3.34. The van der Waals surface area contributed by atoms with Crippen molar-refractivity contribution in [2.45, 2.75) is 58.5 Å². The standard InChI is InChI=1S/C16H25NO3S/c1-11-8-13-14(9-16(2,3)10-15(13)20-11)17-12-4-6-21(18,19)7-5-12/h8,12,14,17H,4-7,9-10H2,1-3H3. The highest BCUT2D eigenvalue weighted by Gasteiger charge is 2.36. The van der Waals surface area contributed by atoms with E-state index in [1.54, 1.807) is 0 Å². The van der Waals surface area contributed by atoms with Crippen molar-refractivity contribution >= 4 is 9.84 Å². The van der Waals surface area contributed by atoms with E-state index >= 15 is 0 Å². The van der Waals surface area contributed by atoms with Gasteiger partial charge >= 0.3 is 0 Å². The van der Waals surface area contributed by atoms with Crippen LogP contribution in [0, 0.1) is 12.3 Å². The minimum atomic E-state index is -2.79. The first-order chi connectivity index (χ1) is 9.74. The lowest BCUT2D eigenvalue weighted by Crippen LogP contribution is -2.42. The summed E-state index contributed by atoms with van der Waals surface area (Å²) in [7, 11) is -2.79. The highest BCUT2D eigenvalue weighted by molar-refractivity contribution is 7.91. The van der Waals surface area contributed by atoms with Gasteiger partial charge in [-0.05, 0) is 37.7 Å².